The Morgan fingerprint density at radius 3 is 2.62 bits per heavy atom. The summed E-state index contributed by atoms with van der Waals surface area (Å²) in [5.41, 5.74) is 0.854. The van der Waals surface area contributed by atoms with Gasteiger partial charge >= 0.3 is 0 Å². The van der Waals surface area contributed by atoms with Gasteiger partial charge in [-0.3, -0.25) is 0 Å². The fourth-order valence-electron chi connectivity index (χ4n) is 1.99. The number of nitrogens with one attached hydrogen (secondary N) is 1. The molecule has 1 N–H and O–H groups in total. The average Bonchev–Trinajstić information content (AvgIpc) is 2.45. The molecule has 0 heterocycles. The lowest BCUT2D eigenvalue weighted by molar-refractivity contribution is 0.0814. The predicted octanol–water partition coefficient (Wildman–Crippen LogP) is 3.94. The van der Waals surface area contributed by atoms with Crippen LogP contribution in [0.2, 0.25) is 0 Å². The van der Waals surface area contributed by atoms with Crippen molar-refractivity contribution in [3.8, 4) is 5.75 Å². The van der Waals surface area contributed by atoms with Gasteiger partial charge in [-0.15, -0.1) is 0 Å². The molecule has 0 amide bonds. The summed E-state index contributed by atoms with van der Waals surface area (Å²) >= 11 is 0. The summed E-state index contributed by atoms with van der Waals surface area (Å²) in [6.45, 7) is 11.0. The SMILES string of the molecule is CCCNC(C)c1cc(F)ccc1OCCOCC(C)C. The second-order valence-corrected chi connectivity index (χ2v) is 5.68. The maximum absolute atomic E-state index is 13.5. The first kappa shape index (κ1) is 17.9. The van der Waals surface area contributed by atoms with Crippen molar-refractivity contribution in [3.05, 3.63) is 29.6 Å². The number of halogens is 1. The highest BCUT2D eigenvalue weighted by Crippen LogP contribution is 2.26. The molecule has 0 saturated carbocycles. The highest BCUT2D eigenvalue weighted by atomic mass is 19.1. The maximum atomic E-state index is 13.5. The van der Waals surface area contributed by atoms with Crippen molar-refractivity contribution in [3.63, 3.8) is 0 Å². The lowest BCUT2D eigenvalue weighted by Gasteiger charge is -2.18. The maximum Gasteiger partial charge on any atom is 0.124 e. The van der Waals surface area contributed by atoms with E-state index in [1.54, 1.807) is 6.07 Å². The zero-order valence-electron chi connectivity index (χ0n) is 13.6. The van der Waals surface area contributed by atoms with Crippen molar-refractivity contribution in [2.75, 3.05) is 26.4 Å². The van der Waals surface area contributed by atoms with Gasteiger partial charge in [0.1, 0.15) is 18.2 Å². The minimum atomic E-state index is -0.237. The normalized spacial score (nSPS) is 12.7. The van der Waals surface area contributed by atoms with Crippen LogP contribution in [-0.4, -0.2) is 26.4 Å². The Morgan fingerprint density at radius 1 is 1.19 bits per heavy atom. The summed E-state index contributed by atoms with van der Waals surface area (Å²) in [5, 5.41) is 3.35. The molecule has 0 saturated heterocycles. The first-order valence-electron chi connectivity index (χ1n) is 7.78. The average molecular weight is 297 g/mol. The van der Waals surface area contributed by atoms with Crippen LogP contribution in [0.1, 0.15) is 45.7 Å². The zero-order chi connectivity index (χ0) is 15.7. The molecule has 1 unspecified atom stereocenters. The van der Waals surface area contributed by atoms with Crippen LogP contribution in [0.5, 0.6) is 5.75 Å². The minimum absolute atomic E-state index is 0.0623. The second-order valence-electron chi connectivity index (χ2n) is 5.68. The summed E-state index contributed by atoms with van der Waals surface area (Å²) in [4.78, 5) is 0. The molecule has 120 valence electrons. The summed E-state index contributed by atoms with van der Waals surface area (Å²) in [7, 11) is 0. The van der Waals surface area contributed by atoms with Gasteiger partial charge in [-0.2, -0.15) is 0 Å². The molecule has 4 heteroatoms. The third kappa shape index (κ3) is 6.91. The van der Waals surface area contributed by atoms with Gasteiger partial charge in [0, 0.05) is 18.2 Å². The van der Waals surface area contributed by atoms with E-state index in [0.29, 0.717) is 19.1 Å². The van der Waals surface area contributed by atoms with E-state index in [1.807, 2.05) is 6.92 Å². The number of rotatable bonds is 10. The summed E-state index contributed by atoms with van der Waals surface area (Å²) < 4.78 is 24.7. The van der Waals surface area contributed by atoms with Crippen molar-refractivity contribution in [1.29, 1.82) is 0 Å². The van der Waals surface area contributed by atoms with Gasteiger partial charge < -0.3 is 14.8 Å². The molecular formula is C17H28FNO2. The summed E-state index contributed by atoms with van der Waals surface area (Å²) in [6.07, 6.45) is 1.04. The van der Waals surface area contributed by atoms with Gasteiger partial charge in [-0.1, -0.05) is 20.8 Å². The Hall–Kier alpha value is -1.13. The van der Waals surface area contributed by atoms with Crippen molar-refractivity contribution in [1.82, 2.24) is 5.32 Å². The Bertz CT molecular complexity index is 410. The molecule has 0 aliphatic carbocycles. The fourth-order valence-corrected chi connectivity index (χ4v) is 1.99. The third-order valence-electron chi connectivity index (χ3n) is 3.08. The van der Waals surface area contributed by atoms with E-state index in [4.69, 9.17) is 9.47 Å². The molecule has 1 aromatic carbocycles. The summed E-state index contributed by atoms with van der Waals surface area (Å²) in [5.74, 6) is 1.00. The molecule has 3 nitrogen and oxygen atoms in total. The van der Waals surface area contributed by atoms with Crippen LogP contribution in [0, 0.1) is 11.7 Å². The van der Waals surface area contributed by atoms with E-state index in [-0.39, 0.29) is 11.9 Å². The largest absolute Gasteiger partial charge is 0.491 e. The topological polar surface area (TPSA) is 30.5 Å². The molecule has 1 rings (SSSR count). The lowest BCUT2D eigenvalue weighted by atomic mass is 10.1. The van der Waals surface area contributed by atoms with E-state index >= 15 is 0 Å². The monoisotopic (exact) mass is 297 g/mol. The molecule has 0 spiro atoms. The van der Waals surface area contributed by atoms with E-state index in [1.165, 1.54) is 12.1 Å². The lowest BCUT2D eigenvalue weighted by Crippen LogP contribution is -2.20. The second kappa shape index (κ2) is 9.74. The standard InChI is InChI=1S/C17H28FNO2/c1-5-8-19-14(4)16-11-15(18)6-7-17(16)21-10-9-20-12-13(2)3/h6-7,11,13-14,19H,5,8-10,12H2,1-4H3. The molecule has 0 fully saturated rings. The van der Waals surface area contributed by atoms with Crippen LogP contribution in [0.4, 0.5) is 4.39 Å². The van der Waals surface area contributed by atoms with Gasteiger partial charge in [0.25, 0.3) is 0 Å². The van der Waals surface area contributed by atoms with Crippen LogP contribution in [0.25, 0.3) is 0 Å². The van der Waals surface area contributed by atoms with E-state index in [0.717, 1.165) is 30.9 Å². The number of benzene rings is 1. The Balaban J connectivity index is 2.55. The van der Waals surface area contributed by atoms with Crippen LogP contribution in [-0.2, 0) is 4.74 Å². The van der Waals surface area contributed by atoms with Crippen LogP contribution in [0.15, 0.2) is 18.2 Å². The van der Waals surface area contributed by atoms with Gasteiger partial charge in [-0.05, 0) is 44.0 Å². The number of ether oxygens (including phenoxy) is 2. The Kier molecular flexibility index (Phi) is 8.31. The van der Waals surface area contributed by atoms with Crippen molar-refractivity contribution >= 4 is 0 Å². The van der Waals surface area contributed by atoms with Crippen LogP contribution >= 0.6 is 0 Å². The molecule has 0 aliphatic heterocycles. The van der Waals surface area contributed by atoms with Gasteiger partial charge in [0.05, 0.1) is 6.61 Å². The first-order chi connectivity index (χ1) is 10.0. The summed E-state index contributed by atoms with van der Waals surface area (Å²) in [6, 6.07) is 4.72. The molecule has 0 aliphatic rings. The predicted molar refractivity (Wildman–Crippen MR) is 84.3 cm³/mol. The first-order valence-corrected chi connectivity index (χ1v) is 7.78. The van der Waals surface area contributed by atoms with Crippen LogP contribution < -0.4 is 10.1 Å². The molecule has 0 bridgehead atoms. The van der Waals surface area contributed by atoms with E-state index in [9.17, 15) is 4.39 Å². The Labute approximate surface area is 127 Å². The highest BCUT2D eigenvalue weighted by Gasteiger charge is 2.12. The van der Waals surface area contributed by atoms with Gasteiger partial charge in [-0.25, -0.2) is 4.39 Å². The molecule has 1 aromatic rings. The van der Waals surface area contributed by atoms with Gasteiger partial charge in [0.15, 0.2) is 0 Å². The van der Waals surface area contributed by atoms with Gasteiger partial charge in [0.2, 0.25) is 0 Å². The quantitative estimate of drug-likeness (QED) is 0.664. The molecule has 0 radical (unpaired) electrons. The Morgan fingerprint density at radius 2 is 1.95 bits per heavy atom. The fraction of sp³-hybridized carbons (Fsp3) is 0.647. The van der Waals surface area contributed by atoms with Crippen molar-refractivity contribution in [2.24, 2.45) is 5.92 Å². The molecule has 0 aromatic heterocycles. The molecular weight excluding hydrogens is 269 g/mol. The minimum Gasteiger partial charge on any atom is -0.491 e. The van der Waals surface area contributed by atoms with E-state index < -0.39 is 0 Å². The third-order valence-corrected chi connectivity index (χ3v) is 3.08. The number of hydrogen-bond donors (Lipinski definition) is 1. The highest BCUT2D eigenvalue weighted by molar-refractivity contribution is 5.36. The number of hydrogen-bond acceptors (Lipinski definition) is 3. The van der Waals surface area contributed by atoms with Crippen LogP contribution in [0.3, 0.4) is 0 Å². The van der Waals surface area contributed by atoms with Crippen molar-refractivity contribution in [2.45, 2.75) is 40.2 Å². The molecule has 21 heavy (non-hydrogen) atoms. The van der Waals surface area contributed by atoms with Crippen molar-refractivity contribution < 1.29 is 13.9 Å². The smallest absolute Gasteiger partial charge is 0.124 e. The van der Waals surface area contributed by atoms with E-state index in [2.05, 4.69) is 26.1 Å². The zero-order valence-corrected chi connectivity index (χ0v) is 13.6. The molecule has 1 atom stereocenters.